The summed E-state index contributed by atoms with van der Waals surface area (Å²) in [5.41, 5.74) is 9.12. The van der Waals surface area contributed by atoms with Gasteiger partial charge in [0, 0.05) is 62.9 Å². The molecule has 2 aliphatic rings. The van der Waals surface area contributed by atoms with Crippen LogP contribution in [0.2, 0.25) is 0 Å². The SMILES string of the molecule is CN1CCN(c2ccc(C(=O)NC(=N)c3nc(CCc4cc(F)cc(F)c4)cnc3N)c(NC3CCOCC3)c2)CC1. The van der Waals surface area contributed by atoms with Crippen LogP contribution >= 0.6 is 0 Å². The van der Waals surface area contributed by atoms with E-state index in [0.717, 1.165) is 50.8 Å². The number of halogens is 2. The van der Waals surface area contributed by atoms with Crippen LogP contribution in [-0.2, 0) is 17.6 Å². The number of nitrogens with two attached hydrogens (primary N) is 1. The van der Waals surface area contributed by atoms with Crippen LogP contribution in [-0.4, -0.2) is 79.1 Å². The average Bonchev–Trinajstić information content (AvgIpc) is 2.97. The summed E-state index contributed by atoms with van der Waals surface area (Å²) in [6.07, 6.45) is 3.74. The van der Waals surface area contributed by atoms with Crippen LogP contribution in [0.15, 0.2) is 42.6 Å². The molecule has 0 aliphatic carbocycles. The van der Waals surface area contributed by atoms with E-state index in [4.69, 9.17) is 15.9 Å². The number of carbonyl (C=O) groups excluding carboxylic acids is 1. The summed E-state index contributed by atoms with van der Waals surface area (Å²) in [6, 6.07) is 9.22. The van der Waals surface area contributed by atoms with Crippen molar-refractivity contribution in [1.29, 1.82) is 5.41 Å². The molecular weight excluding hydrogens is 542 g/mol. The van der Waals surface area contributed by atoms with Gasteiger partial charge in [-0.1, -0.05) is 0 Å². The Bertz CT molecular complexity index is 1420. The van der Waals surface area contributed by atoms with Crippen molar-refractivity contribution in [2.24, 2.45) is 0 Å². The molecule has 3 heterocycles. The molecule has 1 aromatic heterocycles. The first-order chi connectivity index (χ1) is 20.2. The highest BCUT2D eigenvalue weighted by Crippen LogP contribution is 2.27. The highest BCUT2D eigenvalue weighted by molar-refractivity contribution is 6.14. The van der Waals surface area contributed by atoms with E-state index in [9.17, 15) is 13.6 Å². The molecule has 0 spiro atoms. The first-order valence-corrected chi connectivity index (χ1v) is 14.1. The number of aromatic nitrogens is 2. The van der Waals surface area contributed by atoms with Crippen molar-refractivity contribution in [3.63, 3.8) is 0 Å². The minimum atomic E-state index is -0.652. The van der Waals surface area contributed by atoms with E-state index in [-0.39, 0.29) is 23.4 Å². The molecule has 0 saturated carbocycles. The minimum absolute atomic E-state index is 0.00758. The lowest BCUT2D eigenvalue weighted by Gasteiger charge is -2.34. The van der Waals surface area contributed by atoms with Gasteiger partial charge < -0.3 is 30.9 Å². The predicted molar refractivity (Wildman–Crippen MR) is 158 cm³/mol. The van der Waals surface area contributed by atoms with Crippen LogP contribution < -0.4 is 21.3 Å². The molecule has 222 valence electrons. The standard InChI is InChI=1S/C30H36F2N8O2/c1-39-8-10-40(11-9-39)24-4-5-25(26(17-24)36-22-6-12-42-13-7-22)30(41)38-29(34)27-28(33)35-18-23(37-27)3-2-19-14-20(31)16-21(32)15-19/h4-5,14-18,22,36H,2-3,6-13H2,1H3,(H2,33,35)(H2,34,38,41). The van der Waals surface area contributed by atoms with E-state index in [0.29, 0.717) is 48.6 Å². The zero-order chi connectivity index (χ0) is 29.6. The Balaban J connectivity index is 1.32. The van der Waals surface area contributed by atoms with Gasteiger partial charge in [0.15, 0.2) is 11.7 Å². The van der Waals surface area contributed by atoms with Crippen molar-refractivity contribution in [2.45, 2.75) is 31.7 Å². The average molecular weight is 579 g/mol. The van der Waals surface area contributed by atoms with Gasteiger partial charge in [-0.25, -0.2) is 18.7 Å². The number of carbonyl (C=O) groups is 1. The van der Waals surface area contributed by atoms with Crippen LogP contribution in [0.5, 0.6) is 0 Å². The Morgan fingerprint density at radius 2 is 1.79 bits per heavy atom. The van der Waals surface area contributed by atoms with Crippen LogP contribution in [0.1, 0.15) is 40.2 Å². The molecule has 2 fully saturated rings. The number of rotatable bonds is 8. The van der Waals surface area contributed by atoms with E-state index >= 15 is 0 Å². The van der Waals surface area contributed by atoms with E-state index in [2.05, 4.69) is 37.4 Å². The summed E-state index contributed by atoms with van der Waals surface area (Å²) in [7, 11) is 2.11. The van der Waals surface area contributed by atoms with Crippen molar-refractivity contribution in [2.75, 3.05) is 62.4 Å². The number of ether oxygens (including phenoxy) is 1. The molecule has 0 radical (unpaired) electrons. The highest BCUT2D eigenvalue weighted by Gasteiger charge is 2.22. The van der Waals surface area contributed by atoms with Gasteiger partial charge in [0.25, 0.3) is 5.91 Å². The molecule has 42 heavy (non-hydrogen) atoms. The summed E-state index contributed by atoms with van der Waals surface area (Å²) in [5, 5.41) is 14.7. The number of benzene rings is 2. The summed E-state index contributed by atoms with van der Waals surface area (Å²) in [4.78, 5) is 26.6. The monoisotopic (exact) mass is 578 g/mol. The van der Waals surface area contributed by atoms with Crippen molar-refractivity contribution >= 4 is 28.9 Å². The Morgan fingerprint density at radius 3 is 2.50 bits per heavy atom. The largest absolute Gasteiger partial charge is 0.382 e. The molecule has 10 nitrogen and oxygen atoms in total. The van der Waals surface area contributed by atoms with Crippen molar-refractivity contribution in [1.82, 2.24) is 20.2 Å². The third-order valence-corrected chi connectivity index (χ3v) is 7.62. The molecule has 12 heteroatoms. The fourth-order valence-electron chi connectivity index (χ4n) is 5.18. The maximum absolute atomic E-state index is 13.6. The minimum Gasteiger partial charge on any atom is -0.382 e. The fraction of sp³-hybridized carbons (Fsp3) is 0.400. The van der Waals surface area contributed by atoms with Gasteiger partial charge in [0.1, 0.15) is 17.3 Å². The molecule has 0 unspecified atom stereocenters. The molecule has 2 saturated heterocycles. The number of amidine groups is 1. The smallest absolute Gasteiger partial charge is 0.258 e. The number of hydrogen-bond donors (Lipinski definition) is 4. The Hall–Kier alpha value is -4.16. The molecule has 1 amide bonds. The van der Waals surface area contributed by atoms with E-state index in [1.165, 1.54) is 18.3 Å². The molecule has 2 aliphatic heterocycles. The number of hydrogen-bond acceptors (Lipinski definition) is 9. The van der Waals surface area contributed by atoms with E-state index < -0.39 is 17.5 Å². The van der Waals surface area contributed by atoms with Crippen LogP contribution in [0.25, 0.3) is 0 Å². The third kappa shape index (κ3) is 7.37. The molecule has 5 rings (SSSR count). The van der Waals surface area contributed by atoms with Crippen molar-refractivity contribution in [3.8, 4) is 0 Å². The van der Waals surface area contributed by atoms with Crippen molar-refractivity contribution < 1.29 is 18.3 Å². The molecule has 2 aromatic carbocycles. The molecule has 3 aromatic rings. The first kappa shape index (κ1) is 29.3. The van der Waals surface area contributed by atoms with Gasteiger partial charge in [-0.05, 0) is 68.6 Å². The number of amides is 1. The molecular formula is C30H36F2N8O2. The molecule has 5 N–H and O–H groups in total. The van der Waals surface area contributed by atoms with Gasteiger partial charge in [-0.2, -0.15) is 0 Å². The number of aryl methyl sites for hydroxylation is 2. The lowest BCUT2D eigenvalue weighted by atomic mass is 10.1. The number of anilines is 3. The van der Waals surface area contributed by atoms with Gasteiger partial charge in [-0.15, -0.1) is 0 Å². The topological polar surface area (TPSA) is 132 Å². The summed E-state index contributed by atoms with van der Waals surface area (Å²) >= 11 is 0. The van der Waals surface area contributed by atoms with Gasteiger partial charge in [-0.3, -0.25) is 10.2 Å². The summed E-state index contributed by atoms with van der Waals surface area (Å²) in [6.45, 7) is 5.03. The number of likely N-dealkylation sites (N-methyl/N-ethyl adjacent to an activating group) is 1. The summed E-state index contributed by atoms with van der Waals surface area (Å²) < 4.78 is 32.6. The number of nitrogen functional groups attached to an aromatic ring is 1. The predicted octanol–water partition coefficient (Wildman–Crippen LogP) is 3.22. The first-order valence-electron chi connectivity index (χ1n) is 14.1. The normalized spacial score (nSPS) is 16.3. The van der Waals surface area contributed by atoms with E-state index in [1.54, 1.807) is 6.07 Å². The second kappa shape index (κ2) is 13.2. The van der Waals surface area contributed by atoms with Crippen LogP contribution in [0, 0.1) is 17.0 Å². The second-order valence-electron chi connectivity index (χ2n) is 10.8. The Morgan fingerprint density at radius 1 is 1.07 bits per heavy atom. The van der Waals surface area contributed by atoms with Crippen LogP contribution in [0.4, 0.5) is 26.0 Å². The Kier molecular flexibility index (Phi) is 9.23. The maximum Gasteiger partial charge on any atom is 0.258 e. The maximum atomic E-state index is 13.6. The second-order valence-corrected chi connectivity index (χ2v) is 10.8. The lowest BCUT2D eigenvalue weighted by molar-refractivity contribution is 0.0904. The zero-order valence-corrected chi connectivity index (χ0v) is 23.6. The van der Waals surface area contributed by atoms with Gasteiger partial charge >= 0.3 is 0 Å². The van der Waals surface area contributed by atoms with Gasteiger partial charge in [0.05, 0.1) is 17.5 Å². The highest BCUT2D eigenvalue weighted by atomic mass is 19.1. The molecule has 0 atom stereocenters. The lowest BCUT2D eigenvalue weighted by Crippen LogP contribution is -2.44. The fourth-order valence-corrected chi connectivity index (χ4v) is 5.18. The number of nitrogens with zero attached hydrogens (tertiary/aromatic N) is 4. The Labute approximate surface area is 243 Å². The zero-order valence-electron chi connectivity index (χ0n) is 23.6. The number of nitrogens with one attached hydrogen (secondary N) is 3. The number of piperazine rings is 1. The van der Waals surface area contributed by atoms with E-state index in [1.807, 2.05) is 12.1 Å². The third-order valence-electron chi connectivity index (χ3n) is 7.62. The van der Waals surface area contributed by atoms with Crippen LogP contribution in [0.3, 0.4) is 0 Å². The van der Waals surface area contributed by atoms with Crippen molar-refractivity contribution in [3.05, 3.63) is 76.7 Å². The molecule has 0 bridgehead atoms. The van der Waals surface area contributed by atoms with Gasteiger partial charge in [0.2, 0.25) is 0 Å². The quantitative estimate of drug-likeness (QED) is 0.237. The summed E-state index contributed by atoms with van der Waals surface area (Å²) in [5.74, 6) is -2.07.